The van der Waals surface area contributed by atoms with Gasteiger partial charge in [0.1, 0.15) is 0 Å². The van der Waals surface area contributed by atoms with Crippen LogP contribution in [-0.2, 0) is 0 Å². The lowest BCUT2D eigenvalue weighted by Crippen LogP contribution is -2.43. The van der Waals surface area contributed by atoms with Gasteiger partial charge in [-0.15, -0.1) is 0 Å². The molecule has 152 valence electrons. The molecule has 3 fully saturated rings. The fourth-order valence-electron chi connectivity index (χ4n) is 5.66. The Morgan fingerprint density at radius 3 is 1.81 bits per heavy atom. The van der Waals surface area contributed by atoms with Crippen molar-refractivity contribution in [1.29, 1.82) is 0 Å². The molecule has 26 heavy (non-hydrogen) atoms. The smallest absolute Gasteiger partial charge is 0.00964 e. The number of piperidine rings is 2. The van der Waals surface area contributed by atoms with Gasteiger partial charge in [-0.05, 0) is 107 Å². The highest BCUT2D eigenvalue weighted by atomic mass is 15.2. The molecule has 0 bridgehead atoms. The van der Waals surface area contributed by atoms with Crippen molar-refractivity contribution < 1.29 is 0 Å². The second-order valence-electron chi connectivity index (χ2n) is 11.6. The van der Waals surface area contributed by atoms with Crippen LogP contribution in [0.25, 0.3) is 0 Å². The zero-order chi connectivity index (χ0) is 18.9. The zero-order valence-electron chi connectivity index (χ0n) is 18.7. The van der Waals surface area contributed by atoms with Gasteiger partial charge in [-0.3, -0.25) is 0 Å². The molecule has 0 amide bonds. The molecule has 0 N–H and O–H groups in total. The molecular formula is C24H46N2. The van der Waals surface area contributed by atoms with Crippen molar-refractivity contribution in [2.75, 3.05) is 26.2 Å². The molecule has 1 saturated carbocycles. The number of rotatable bonds is 6. The summed E-state index contributed by atoms with van der Waals surface area (Å²) in [4.78, 5) is 5.56. The maximum Gasteiger partial charge on any atom is 0.00964 e. The van der Waals surface area contributed by atoms with E-state index in [2.05, 4.69) is 51.3 Å². The summed E-state index contributed by atoms with van der Waals surface area (Å²) in [6.07, 6.45) is 11.4. The Morgan fingerprint density at radius 1 is 0.769 bits per heavy atom. The molecule has 1 aliphatic carbocycles. The molecule has 1 atom stereocenters. The lowest BCUT2D eigenvalue weighted by atomic mass is 9.70. The Balaban J connectivity index is 1.40. The Bertz CT molecular complexity index is 430. The molecule has 0 aromatic heterocycles. The molecule has 2 aliphatic heterocycles. The summed E-state index contributed by atoms with van der Waals surface area (Å²) in [5.74, 6) is 1.86. The van der Waals surface area contributed by atoms with E-state index in [1.807, 2.05) is 0 Å². The Kier molecular flexibility index (Phi) is 6.44. The van der Waals surface area contributed by atoms with Crippen LogP contribution in [0.1, 0.15) is 92.9 Å². The van der Waals surface area contributed by atoms with Crippen molar-refractivity contribution in [3.63, 3.8) is 0 Å². The lowest BCUT2D eigenvalue weighted by Gasteiger charge is -2.43. The predicted molar refractivity (Wildman–Crippen MR) is 114 cm³/mol. The Labute approximate surface area is 164 Å². The van der Waals surface area contributed by atoms with E-state index in [1.165, 1.54) is 77.5 Å². The monoisotopic (exact) mass is 362 g/mol. The van der Waals surface area contributed by atoms with Crippen LogP contribution >= 0.6 is 0 Å². The minimum absolute atomic E-state index is 0.493. The van der Waals surface area contributed by atoms with Gasteiger partial charge in [0, 0.05) is 12.1 Å². The first-order chi connectivity index (χ1) is 12.2. The first kappa shape index (κ1) is 20.6. The Morgan fingerprint density at radius 2 is 1.31 bits per heavy atom. The molecule has 3 aliphatic rings. The summed E-state index contributed by atoms with van der Waals surface area (Å²) in [6.45, 7) is 20.3. The molecule has 2 saturated heterocycles. The molecule has 0 aromatic rings. The summed E-state index contributed by atoms with van der Waals surface area (Å²) >= 11 is 0. The van der Waals surface area contributed by atoms with Crippen LogP contribution in [-0.4, -0.2) is 48.1 Å². The number of hydrogen-bond acceptors (Lipinski definition) is 2. The third-order valence-corrected chi connectivity index (χ3v) is 8.28. The highest BCUT2D eigenvalue weighted by Crippen LogP contribution is 2.42. The van der Waals surface area contributed by atoms with Gasteiger partial charge in [0.25, 0.3) is 0 Å². The number of nitrogens with zero attached hydrogens (tertiary/aromatic N) is 2. The van der Waals surface area contributed by atoms with Gasteiger partial charge < -0.3 is 9.80 Å². The maximum absolute atomic E-state index is 2.79. The molecule has 2 heterocycles. The largest absolute Gasteiger partial charge is 0.301 e. The molecule has 2 heteroatoms. The van der Waals surface area contributed by atoms with Crippen molar-refractivity contribution in [3.05, 3.63) is 0 Å². The summed E-state index contributed by atoms with van der Waals surface area (Å²) in [5.41, 5.74) is 1.01. The van der Waals surface area contributed by atoms with Crippen molar-refractivity contribution in [2.45, 2.75) is 105 Å². The first-order valence-electron chi connectivity index (χ1n) is 11.6. The molecule has 2 nitrogen and oxygen atoms in total. The third-order valence-electron chi connectivity index (χ3n) is 8.28. The maximum atomic E-state index is 2.79. The van der Waals surface area contributed by atoms with E-state index in [4.69, 9.17) is 0 Å². The average molecular weight is 363 g/mol. The molecular weight excluding hydrogens is 316 g/mol. The summed E-state index contributed by atoms with van der Waals surface area (Å²) in [5, 5.41) is 0. The molecule has 0 spiro atoms. The standard InChI is InChI=1S/C24H46N2/c1-19(25-15-10-20(11-16-25)23(2,3)4)9-14-24(5,6)21-12-17-26(18-13-21)22-7-8-22/h19-22H,7-18H2,1-6H3. The first-order valence-corrected chi connectivity index (χ1v) is 11.6. The Hall–Kier alpha value is -0.0800. The minimum atomic E-state index is 0.493. The van der Waals surface area contributed by atoms with Crippen LogP contribution in [0.15, 0.2) is 0 Å². The topological polar surface area (TPSA) is 6.48 Å². The highest BCUT2D eigenvalue weighted by Gasteiger charge is 2.37. The molecule has 0 aromatic carbocycles. The van der Waals surface area contributed by atoms with Crippen LogP contribution in [0.5, 0.6) is 0 Å². The quantitative estimate of drug-likeness (QED) is 0.588. The average Bonchev–Trinajstić information content (AvgIpc) is 3.44. The summed E-state index contributed by atoms with van der Waals surface area (Å²) in [6, 6.07) is 1.73. The summed E-state index contributed by atoms with van der Waals surface area (Å²) in [7, 11) is 0. The fraction of sp³-hybridized carbons (Fsp3) is 1.00. The van der Waals surface area contributed by atoms with Crippen LogP contribution < -0.4 is 0 Å². The van der Waals surface area contributed by atoms with Crippen LogP contribution in [0.3, 0.4) is 0 Å². The van der Waals surface area contributed by atoms with E-state index in [9.17, 15) is 0 Å². The van der Waals surface area contributed by atoms with E-state index in [1.54, 1.807) is 0 Å². The van der Waals surface area contributed by atoms with Crippen LogP contribution in [0, 0.1) is 22.7 Å². The van der Waals surface area contributed by atoms with Crippen molar-refractivity contribution >= 4 is 0 Å². The van der Waals surface area contributed by atoms with E-state index in [-0.39, 0.29) is 0 Å². The fourth-order valence-corrected chi connectivity index (χ4v) is 5.66. The van der Waals surface area contributed by atoms with Gasteiger partial charge in [-0.1, -0.05) is 34.6 Å². The van der Waals surface area contributed by atoms with E-state index < -0.39 is 0 Å². The van der Waals surface area contributed by atoms with Gasteiger partial charge in [0.15, 0.2) is 0 Å². The number of hydrogen-bond donors (Lipinski definition) is 0. The van der Waals surface area contributed by atoms with Crippen molar-refractivity contribution in [3.8, 4) is 0 Å². The SMILES string of the molecule is CC(CCC(C)(C)C1CCN(C2CC2)CC1)N1CCC(C(C)(C)C)CC1. The third kappa shape index (κ3) is 5.25. The summed E-state index contributed by atoms with van der Waals surface area (Å²) < 4.78 is 0. The molecule has 1 unspecified atom stereocenters. The lowest BCUT2D eigenvalue weighted by molar-refractivity contribution is 0.0616. The second kappa shape index (κ2) is 8.11. The van der Waals surface area contributed by atoms with Crippen LogP contribution in [0.2, 0.25) is 0 Å². The minimum Gasteiger partial charge on any atom is -0.301 e. The second-order valence-corrected chi connectivity index (χ2v) is 11.6. The highest BCUT2D eigenvalue weighted by molar-refractivity contribution is 4.91. The van der Waals surface area contributed by atoms with Crippen LogP contribution in [0.4, 0.5) is 0 Å². The normalized spacial score (nSPS) is 27.0. The zero-order valence-corrected chi connectivity index (χ0v) is 18.7. The molecule has 3 rings (SSSR count). The van der Waals surface area contributed by atoms with Gasteiger partial charge in [0.2, 0.25) is 0 Å². The van der Waals surface area contributed by atoms with E-state index in [0.29, 0.717) is 10.8 Å². The number of likely N-dealkylation sites (tertiary alicyclic amines) is 2. The van der Waals surface area contributed by atoms with Gasteiger partial charge >= 0.3 is 0 Å². The van der Waals surface area contributed by atoms with Gasteiger partial charge in [0.05, 0.1) is 0 Å². The predicted octanol–water partition coefficient (Wildman–Crippen LogP) is 5.81. The van der Waals surface area contributed by atoms with Crippen molar-refractivity contribution in [1.82, 2.24) is 9.80 Å². The van der Waals surface area contributed by atoms with Crippen molar-refractivity contribution in [2.24, 2.45) is 22.7 Å². The van der Waals surface area contributed by atoms with Gasteiger partial charge in [-0.25, -0.2) is 0 Å². The van der Waals surface area contributed by atoms with E-state index >= 15 is 0 Å². The van der Waals surface area contributed by atoms with E-state index in [0.717, 1.165) is 23.9 Å². The van der Waals surface area contributed by atoms with Gasteiger partial charge in [-0.2, -0.15) is 0 Å². The molecule has 0 radical (unpaired) electrons.